The number of urea groups is 1. The molecule has 1 saturated heterocycles. The second-order valence-corrected chi connectivity index (χ2v) is 4.84. The highest BCUT2D eigenvalue weighted by Gasteiger charge is 2.24. The third kappa shape index (κ3) is 3.71. The minimum Gasteiger partial charge on any atom is -0.478 e. The Morgan fingerprint density at radius 1 is 1.35 bits per heavy atom. The van der Waals surface area contributed by atoms with Crippen molar-refractivity contribution in [3.8, 4) is 0 Å². The Balaban J connectivity index is 1.80. The lowest BCUT2D eigenvalue weighted by molar-refractivity contribution is 0.0697. The maximum Gasteiger partial charge on any atom is 0.335 e. The van der Waals surface area contributed by atoms with Gasteiger partial charge in [-0.1, -0.05) is 0 Å². The number of carboxylic acids is 1. The molecule has 108 valence electrons. The summed E-state index contributed by atoms with van der Waals surface area (Å²) < 4.78 is 5.42. The molecule has 1 aliphatic rings. The summed E-state index contributed by atoms with van der Waals surface area (Å²) in [7, 11) is 0. The second-order valence-electron chi connectivity index (χ2n) is 4.84. The van der Waals surface area contributed by atoms with Crippen LogP contribution in [0, 0.1) is 5.92 Å². The molecule has 0 bridgehead atoms. The van der Waals surface area contributed by atoms with Crippen molar-refractivity contribution in [3.05, 3.63) is 29.8 Å². The van der Waals surface area contributed by atoms with Crippen molar-refractivity contribution in [3.63, 3.8) is 0 Å². The third-order valence-electron chi connectivity index (χ3n) is 3.45. The van der Waals surface area contributed by atoms with Crippen LogP contribution in [0.15, 0.2) is 24.3 Å². The van der Waals surface area contributed by atoms with Crippen LogP contribution in [0.3, 0.4) is 0 Å². The first-order valence-corrected chi connectivity index (χ1v) is 6.56. The van der Waals surface area contributed by atoms with Crippen LogP contribution in [0.1, 0.15) is 23.7 Å². The molecular weight excluding hydrogens is 260 g/mol. The van der Waals surface area contributed by atoms with Gasteiger partial charge in [0.2, 0.25) is 0 Å². The van der Waals surface area contributed by atoms with Crippen LogP contribution < -0.4 is 10.6 Å². The van der Waals surface area contributed by atoms with E-state index in [0.717, 1.165) is 13.0 Å². The lowest BCUT2D eigenvalue weighted by atomic mass is 10.0. The fraction of sp³-hybridized carbons (Fsp3) is 0.429. The molecule has 0 spiro atoms. The van der Waals surface area contributed by atoms with Gasteiger partial charge in [0.25, 0.3) is 0 Å². The Morgan fingerprint density at radius 2 is 2.05 bits per heavy atom. The maximum absolute atomic E-state index is 11.7. The van der Waals surface area contributed by atoms with E-state index in [-0.39, 0.29) is 17.7 Å². The standard InChI is InChI=1S/C14H18N2O4/c1-9-11(6-7-20-9)8-15-14(19)16-12-4-2-10(3-5-12)13(17)18/h2-5,9,11H,6-8H2,1H3,(H,17,18)(H2,15,16,19). The highest BCUT2D eigenvalue weighted by molar-refractivity contribution is 5.91. The largest absolute Gasteiger partial charge is 0.478 e. The Hall–Kier alpha value is -2.08. The predicted octanol–water partition coefficient (Wildman–Crippen LogP) is 1.93. The molecule has 1 aromatic rings. The summed E-state index contributed by atoms with van der Waals surface area (Å²) in [5, 5.41) is 14.2. The van der Waals surface area contributed by atoms with E-state index in [2.05, 4.69) is 10.6 Å². The molecule has 6 nitrogen and oxygen atoms in total. The average Bonchev–Trinajstić information content (AvgIpc) is 2.82. The van der Waals surface area contributed by atoms with E-state index in [1.54, 1.807) is 12.1 Å². The van der Waals surface area contributed by atoms with E-state index in [1.807, 2.05) is 6.92 Å². The summed E-state index contributed by atoms with van der Waals surface area (Å²) in [5.41, 5.74) is 0.746. The Kier molecular flexibility index (Phi) is 4.57. The molecule has 1 aliphatic heterocycles. The summed E-state index contributed by atoms with van der Waals surface area (Å²) in [6.45, 7) is 3.31. The van der Waals surface area contributed by atoms with Crippen molar-refractivity contribution < 1.29 is 19.4 Å². The molecule has 0 aromatic heterocycles. The SMILES string of the molecule is CC1OCCC1CNC(=O)Nc1ccc(C(=O)O)cc1. The zero-order chi connectivity index (χ0) is 14.5. The monoisotopic (exact) mass is 278 g/mol. The van der Waals surface area contributed by atoms with Gasteiger partial charge in [-0.05, 0) is 37.6 Å². The molecule has 0 radical (unpaired) electrons. The van der Waals surface area contributed by atoms with E-state index in [1.165, 1.54) is 12.1 Å². The first kappa shape index (κ1) is 14.3. The first-order valence-electron chi connectivity index (χ1n) is 6.56. The van der Waals surface area contributed by atoms with Gasteiger partial charge >= 0.3 is 12.0 Å². The van der Waals surface area contributed by atoms with E-state index in [0.29, 0.717) is 18.2 Å². The number of nitrogens with one attached hydrogen (secondary N) is 2. The molecule has 2 unspecified atom stereocenters. The van der Waals surface area contributed by atoms with Crippen LogP contribution >= 0.6 is 0 Å². The van der Waals surface area contributed by atoms with Crippen molar-refractivity contribution in [2.45, 2.75) is 19.4 Å². The van der Waals surface area contributed by atoms with Crippen LogP contribution in [-0.4, -0.2) is 36.4 Å². The number of carbonyl (C=O) groups is 2. The normalized spacial score (nSPS) is 21.4. The van der Waals surface area contributed by atoms with Crippen LogP contribution in [0.4, 0.5) is 10.5 Å². The van der Waals surface area contributed by atoms with Crippen LogP contribution in [0.5, 0.6) is 0 Å². The summed E-state index contributed by atoms with van der Waals surface area (Å²) in [4.78, 5) is 22.4. The summed E-state index contributed by atoms with van der Waals surface area (Å²) in [6.07, 6.45) is 1.12. The molecule has 0 aliphatic carbocycles. The van der Waals surface area contributed by atoms with Crippen molar-refractivity contribution in [2.24, 2.45) is 5.92 Å². The van der Waals surface area contributed by atoms with Gasteiger partial charge in [0.1, 0.15) is 0 Å². The molecular formula is C14H18N2O4. The van der Waals surface area contributed by atoms with Gasteiger partial charge in [0.15, 0.2) is 0 Å². The van der Waals surface area contributed by atoms with Gasteiger partial charge in [-0.3, -0.25) is 0 Å². The number of rotatable bonds is 4. The molecule has 3 N–H and O–H groups in total. The summed E-state index contributed by atoms with van der Waals surface area (Å²) in [6, 6.07) is 5.72. The van der Waals surface area contributed by atoms with E-state index in [4.69, 9.17) is 9.84 Å². The van der Waals surface area contributed by atoms with Gasteiger partial charge in [-0.15, -0.1) is 0 Å². The van der Waals surface area contributed by atoms with Gasteiger partial charge in [-0.25, -0.2) is 9.59 Å². The highest BCUT2D eigenvalue weighted by atomic mass is 16.5. The first-order chi connectivity index (χ1) is 9.56. The van der Waals surface area contributed by atoms with Crippen molar-refractivity contribution in [1.29, 1.82) is 0 Å². The second kappa shape index (κ2) is 6.38. The zero-order valence-electron chi connectivity index (χ0n) is 11.3. The Labute approximate surface area is 117 Å². The number of hydrogen-bond acceptors (Lipinski definition) is 3. The van der Waals surface area contributed by atoms with Gasteiger partial charge in [0, 0.05) is 24.8 Å². The lowest BCUT2D eigenvalue weighted by Crippen LogP contribution is -2.35. The number of carbonyl (C=O) groups excluding carboxylic acids is 1. The van der Waals surface area contributed by atoms with E-state index in [9.17, 15) is 9.59 Å². The quantitative estimate of drug-likeness (QED) is 0.785. The molecule has 2 atom stereocenters. The average molecular weight is 278 g/mol. The lowest BCUT2D eigenvalue weighted by Gasteiger charge is -2.15. The minimum absolute atomic E-state index is 0.171. The third-order valence-corrected chi connectivity index (χ3v) is 3.45. The minimum atomic E-state index is -0.990. The Bertz CT molecular complexity index is 486. The van der Waals surface area contributed by atoms with E-state index >= 15 is 0 Å². The van der Waals surface area contributed by atoms with Gasteiger partial charge in [-0.2, -0.15) is 0 Å². The van der Waals surface area contributed by atoms with Crippen LogP contribution in [-0.2, 0) is 4.74 Å². The number of benzene rings is 1. The van der Waals surface area contributed by atoms with Crippen molar-refractivity contribution in [1.82, 2.24) is 5.32 Å². The van der Waals surface area contributed by atoms with Crippen molar-refractivity contribution >= 4 is 17.7 Å². The molecule has 0 saturated carbocycles. The van der Waals surface area contributed by atoms with Crippen LogP contribution in [0.25, 0.3) is 0 Å². The molecule has 2 rings (SSSR count). The topological polar surface area (TPSA) is 87.7 Å². The van der Waals surface area contributed by atoms with E-state index < -0.39 is 5.97 Å². The number of hydrogen-bond donors (Lipinski definition) is 3. The fourth-order valence-electron chi connectivity index (χ4n) is 2.14. The zero-order valence-corrected chi connectivity index (χ0v) is 11.3. The van der Waals surface area contributed by atoms with Gasteiger partial charge < -0.3 is 20.5 Å². The van der Waals surface area contributed by atoms with Crippen molar-refractivity contribution in [2.75, 3.05) is 18.5 Å². The molecule has 6 heteroatoms. The number of anilines is 1. The molecule has 2 amide bonds. The maximum atomic E-state index is 11.7. The predicted molar refractivity (Wildman–Crippen MR) is 73.9 cm³/mol. The van der Waals surface area contributed by atoms with Crippen LogP contribution in [0.2, 0.25) is 0 Å². The number of amides is 2. The number of ether oxygens (including phenoxy) is 1. The summed E-state index contributed by atoms with van der Waals surface area (Å²) in [5.74, 6) is -0.647. The number of carboxylic acid groups (broad SMARTS) is 1. The molecule has 20 heavy (non-hydrogen) atoms. The number of aromatic carboxylic acids is 1. The molecule has 1 fully saturated rings. The fourth-order valence-corrected chi connectivity index (χ4v) is 2.14. The van der Waals surface area contributed by atoms with Gasteiger partial charge in [0.05, 0.1) is 11.7 Å². The summed E-state index contributed by atoms with van der Waals surface area (Å²) >= 11 is 0. The Morgan fingerprint density at radius 3 is 2.60 bits per heavy atom. The molecule has 1 aromatic carbocycles. The highest BCUT2D eigenvalue weighted by Crippen LogP contribution is 2.19. The smallest absolute Gasteiger partial charge is 0.335 e. The molecule has 1 heterocycles.